The zero-order valence-corrected chi connectivity index (χ0v) is 10.7. The van der Waals surface area contributed by atoms with E-state index in [1.54, 1.807) is 31.2 Å². The van der Waals surface area contributed by atoms with Gasteiger partial charge in [-0.15, -0.1) is 0 Å². The largest absolute Gasteiger partial charge is 0.507 e. The third kappa shape index (κ3) is 4.11. The van der Waals surface area contributed by atoms with Gasteiger partial charge in [-0.3, -0.25) is 4.79 Å². The number of aliphatic hydroxyl groups is 1. The Morgan fingerprint density at radius 1 is 1.39 bits per heavy atom. The standard InChI is InChI=1S/C14H14ClNO2/c1-3-13(17)12(9-10(2)15)14(18)16-11-7-5-4-6-8-11/h3-9,17H,1H2,2H3,(H,16,18)/b10-9+,13-12-. The van der Waals surface area contributed by atoms with Gasteiger partial charge in [0, 0.05) is 10.7 Å². The van der Waals surface area contributed by atoms with Crippen LogP contribution in [0.3, 0.4) is 0 Å². The Bertz CT molecular complexity index is 500. The Morgan fingerprint density at radius 3 is 2.50 bits per heavy atom. The molecule has 18 heavy (non-hydrogen) atoms. The van der Waals surface area contributed by atoms with Gasteiger partial charge in [-0.05, 0) is 31.2 Å². The van der Waals surface area contributed by atoms with Crippen LogP contribution in [0.5, 0.6) is 0 Å². The molecule has 0 unspecified atom stereocenters. The van der Waals surface area contributed by atoms with E-state index in [0.717, 1.165) is 0 Å². The number of halogens is 1. The van der Waals surface area contributed by atoms with Crippen molar-refractivity contribution < 1.29 is 9.90 Å². The minimum Gasteiger partial charge on any atom is -0.507 e. The van der Waals surface area contributed by atoms with Crippen LogP contribution in [0.4, 0.5) is 5.69 Å². The maximum Gasteiger partial charge on any atom is 0.259 e. The summed E-state index contributed by atoms with van der Waals surface area (Å²) in [6, 6.07) is 8.94. The fraction of sp³-hybridized carbons (Fsp3) is 0.0714. The van der Waals surface area contributed by atoms with E-state index in [1.165, 1.54) is 12.2 Å². The number of aliphatic hydroxyl groups excluding tert-OH is 1. The van der Waals surface area contributed by atoms with Crippen molar-refractivity contribution in [2.45, 2.75) is 6.92 Å². The maximum atomic E-state index is 12.0. The first-order chi connectivity index (χ1) is 8.54. The highest BCUT2D eigenvalue weighted by atomic mass is 35.5. The molecule has 3 nitrogen and oxygen atoms in total. The number of para-hydroxylation sites is 1. The van der Waals surface area contributed by atoms with Gasteiger partial charge < -0.3 is 10.4 Å². The van der Waals surface area contributed by atoms with E-state index in [0.29, 0.717) is 10.7 Å². The number of hydrogen-bond acceptors (Lipinski definition) is 2. The summed E-state index contributed by atoms with van der Waals surface area (Å²) >= 11 is 5.72. The Labute approximate surface area is 111 Å². The summed E-state index contributed by atoms with van der Waals surface area (Å²) in [5.74, 6) is -0.665. The van der Waals surface area contributed by atoms with Gasteiger partial charge in [-0.25, -0.2) is 0 Å². The molecule has 0 fully saturated rings. The molecule has 0 saturated heterocycles. The van der Waals surface area contributed by atoms with Gasteiger partial charge in [0.25, 0.3) is 5.91 Å². The number of nitrogens with one attached hydrogen (secondary N) is 1. The summed E-state index contributed by atoms with van der Waals surface area (Å²) in [5, 5.41) is 12.7. The number of hydrogen-bond donors (Lipinski definition) is 2. The summed E-state index contributed by atoms with van der Waals surface area (Å²) in [4.78, 5) is 12.0. The normalized spacial score (nSPS) is 12.7. The molecule has 0 bridgehead atoms. The minimum absolute atomic E-state index is 0.0707. The third-order valence-electron chi connectivity index (χ3n) is 2.09. The van der Waals surface area contributed by atoms with Crippen molar-refractivity contribution in [2.24, 2.45) is 0 Å². The molecule has 0 saturated carbocycles. The van der Waals surface area contributed by atoms with Crippen molar-refractivity contribution in [3.63, 3.8) is 0 Å². The van der Waals surface area contributed by atoms with Crippen LogP contribution in [0.2, 0.25) is 0 Å². The number of benzene rings is 1. The molecule has 0 aliphatic heterocycles. The van der Waals surface area contributed by atoms with E-state index in [-0.39, 0.29) is 11.3 Å². The van der Waals surface area contributed by atoms with E-state index < -0.39 is 5.91 Å². The highest BCUT2D eigenvalue weighted by molar-refractivity contribution is 6.29. The zero-order chi connectivity index (χ0) is 13.5. The van der Waals surface area contributed by atoms with E-state index in [2.05, 4.69) is 11.9 Å². The number of anilines is 1. The van der Waals surface area contributed by atoms with Crippen LogP contribution in [0.15, 0.2) is 65.4 Å². The van der Waals surface area contributed by atoms with Gasteiger partial charge in [0.05, 0.1) is 5.57 Å². The first kappa shape index (κ1) is 14.1. The van der Waals surface area contributed by atoms with Crippen LogP contribution in [0, 0.1) is 0 Å². The summed E-state index contributed by atoms with van der Waals surface area (Å²) in [6.45, 7) is 5.04. The van der Waals surface area contributed by atoms with Crippen molar-refractivity contribution in [1.82, 2.24) is 0 Å². The van der Waals surface area contributed by atoms with Crippen molar-refractivity contribution in [3.8, 4) is 0 Å². The van der Waals surface area contributed by atoms with E-state index in [4.69, 9.17) is 11.6 Å². The van der Waals surface area contributed by atoms with Crippen LogP contribution in [-0.2, 0) is 4.79 Å². The molecular formula is C14H14ClNO2. The molecule has 0 spiro atoms. The number of carbonyl (C=O) groups is 1. The molecule has 1 amide bonds. The van der Waals surface area contributed by atoms with Gasteiger partial charge in [0.2, 0.25) is 0 Å². The Morgan fingerprint density at radius 2 is 2.00 bits per heavy atom. The average molecular weight is 264 g/mol. The van der Waals surface area contributed by atoms with Crippen LogP contribution in [0.1, 0.15) is 6.92 Å². The van der Waals surface area contributed by atoms with E-state index in [1.807, 2.05) is 6.07 Å². The van der Waals surface area contributed by atoms with Crippen molar-refractivity contribution in [3.05, 3.63) is 65.4 Å². The molecule has 1 aromatic rings. The molecule has 0 heterocycles. The molecule has 0 atom stereocenters. The van der Waals surface area contributed by atoms with Crippen molar-refractivity contribution in [1.29, 1.82) is 0 Å². The summed E-state index contributed by atoms with van der Waals surface area (Å²) in [7, 11) is 0. The van der Waals surface area contributed by atoms with Crippen LogP contribution in [-0.4, -0.2) is 11.0 Å². The summed E-state index contributed by atoms with van der Waals surface area (Å²) in [5.41, 5.74) is 0.707. The number of allylic oxidation sites excluding steroid dienone is 2. The maximum absolute atomic E-state index is 12.0. The predicted molar refractivity (Wildman–Crippen MR) is 74.5 cm³/mol. The average Bonchev–Trinajstić information content (AvgIpc) is 2.36. The fourth-order valence-corrected chi connectivity index (χ4v) is 1.39. The number of carbonyl (C=O) groups excluding carboxylic acids is 1. The van der Waals surface area contributed by atoms with Gasteiger partial charge in [0.15, 0.2) is 0 Å². The second kappa shape index (κ2) is 6.67. The Kier molecular flexibility index (Phi) is 5.21. The summed E-state index contributed by atoms with van der Waals surface area (Å²) < 4.78 is 0. The molecule has 0 aliphatic carbocycles. The van der Waals surface area contributed by atoms with E-state index in [9.17, 15) is 9.90 Å². The van der Waals surface area contributed by atoms with Gasteiger partial charge in [0.1, 0.15) is 5.76 Å². The van der Waals surface area contributed by atoms with Crippen LogP contribution < -0.4 is 5.32 Å². The Balaban J connectivity index is 2.99. The molecule has 94 valence electrons. The highest BCUT2D eigenvalue weighted by Crippen LogP contribution is 2.14. The monoisotopic (exact) mass is 263 g/mol. The van der Waals surface area contributed by atoms with E-state index >= 15 is 0 Å². The molecule has 0 aliphatic rings. The second-order valence-electron chi connectivity index (χ2n) is 3.55. The number of rotatable bonds is 4. The molecule has 0 aromatic heterocycles. The minimum atomic E-state index is -0.446. The highest BCUT2D eigenvalue weighted by Gasteiger charge is 2.11. The quantitative estimate of drug-likeness (QED) is 0.494. The molecule has 2 N–H and O–H groups in total. The smallest absolute Gasteiger partial charge is 0.259 e. The van der Waals surface area contributed by atoms with Gasteiger partial charge in [-0.1, -0.05) is 36.4 Å². The van der Waals surface area contributed by atoms with Gasteiger partial charge in [-0.2, -0.15) is 0 Å². The van der Waals surface area contributed by atoms with Gasteiger partial charge >= 0.3 is 0 Å². The lowest BCUT2D eigenvalue weighted by molar-refractivity contribution is -0.112. The van der Waals surface area contributed by atoms with Crippen LogP contribution in [0.25, 0.3) is 0 Å². The third-order valence-corrected chi connectivity index (χ3v) is 2.20. The van der Waals surface area contributed by atoms with Crippen LogP contribution >= 0.6 is 11.6 Å². The molecular weight excluding hydrogens is 250 g/mol. The SMILES string of the molecule is C=C/C(O)=C(\C=C(/C)Cl)C(=O)Nc1ccccc1. The zero-order valence-electron chi connectivity index (χ0n) is 9.98. The predicted octanol–water partition coefficient (Wildman–Crippen LogP) is 3.77. The first-order valence-electron chi connectivity index (χ1n) is 5.30. The molecule has 1 aromatic carbocycles. The summed E-state index contributed by atoms with van der Waals surface area (Å²) in [6.07, 6.45) is 2.58. The van der Waals surface area contributed by atoms with Crippen molar-refractivity contribution in [2.75, 3.05) is 5.32 Å². The molecule has 0 radical (unpaired) electrons. The molecule has 4 heteroatoms. The lowest BCUT2D eigenvalue weighted by Crippen LogP contribution is -2.15. The van der Waals surface area contributed by atoms with Crippen molar-refractivity contribution >= 4 is 23.2 Å². The lowest BCUT2D eigenvalue weighted by atomic mass is 10.1. The lowest BCUT2D eigenvalue weighted by Gasteiger charge is -2.07. The molecule has 1 rings (SSSR count). The first-order valence-corrected chi connectivity index (χ1v) is 5.68. The second-order valence-corrected chi connectivity index (χ2v) is 4.15. The Hall–Kier alpha value is -2.00. The topological polar surface area (TPSA) is 49.3 Å². The fourth-order valence-electron chi connectivity index (χ4n) is 1.28. The number of amides is 1.